The van der Waals surface area contributed by atoms with Gasteiger partial charge in [-0.25, -0.2) is 9.89 Å². The number of thiophene rings is 1. The van der Waals surface area contributed by atoms with E-state index in [1.54, 1.807) is 4.57 Å². The smallest absolute Gasteiger partial charge is 0.344 e. The first-order valence-corrected chi connectivity index (χ1v) is 10.3. The lowest BCUT2D eigenvalue weighted by molar-refractivity contribution is 0.0941. The molecule has 1 saturated heterocycles. The molecule has 25 heavy (non-hydrogen) atoms. The molecule has 132 valence electrons. The summed E-state index contributed by atoms with van der Waals surface area (Å²) in [5.41, 5.74) is -0.229. The lowest BCUT2D eigenvalue weighted by Crippen LogP contribution is -2.24. The van der Waals surface area contributed by atoms with Crippen molar-refractivity contribution in [3.63, 3.8) is 0 Å². The zero-order valence-corrected chi connectivity index (χ0v) is 16.2. The number of nitrogens with zero attached hydrogens (tertiary/aromatic N) is 4. The number of ether oxygens (including phenoxy) is 1. The number of nitrogens with one attached hydrogen (secondary N) is 1. The van der Waals surface area contributed by atoms with Gasteiger partial charge in [-0.3, -0.25) is 4.57 Å². The van der Waals surface area contributed by atoms with E-state index < -0.39 is 0 Å². The summed E-state index contributed by atoms with van der Waals surface area (Å²) in [4.78, 5) is 12.9. The minimum absolute atomic E-state index is 0.0712. The summed E-state index contributed by atoms with van der Waals surface area (Å²) in [6, 6.07) is 3.86. The fourth-order valence-corrected chi connectivity index (χ4v) is 4.63. The Morgan fingerprint density at radius 1 is 1.44 bits per heavy atom. The van der Waals surface area contributed by atoms with E-state index in [9.17, 15) is 4.79 Å². The average molecular weight is 444 g/mol. The van der Waals surface area contributed by atoms with Crippen molar-refractivity contribution in [2.24, 2.45) is 0 Å². The van der Waals surface area contributed by atoms with Crippen LogP contribution >= 0.6 is 39.0 Å². The lowest BCUT2D eigenvalue weighted by Gasteiger charge is -2.10. The molecule has 0 amide bonds. The summed E-state index contributed by atoms with van der Waals surface area (Å²) in [6.07, 6.45) is 2.07. The molecule has 4 heterocycles. The highest BCUT2D eigenvalue weighted by Gasteiger charge is 2.20. The molecular formula is C14H14BrN5O3S2. The Balaban J connectivity index is 1.43. The van der Waals surface area contributed by atoms with Gasteiger partial charge < -0.3 is 9.15 Å². The number of H-pyrrole nitrogens is 1. The third-order valence-corrected chi connectivity index (χ3v) is 6.28. The largest absolute Gasteiger partial charge is 0.419 e. The quantitative estimate of drug-likeness (QED) is 0.584. The summed E-state index contributed by atoms with van der Waals surface area (Å²) in [5.74, 6) is 1.42. The molecule has 0 aromatic carbocycles. The molecule has 1 atom stereocenters. The first-order valence-electron chi connectivity index (χ1n) is 7.67. The van der Waals surface area contributed by atoms with Crippen molar-refractivity contribution in [2.75, 3.05) is 6.61 Å². The Hall–Kier alpha value is -1.43. The molecule has 0 aliphatic carbocycles. The van der Waals surface area contributed by atoms with Crippen LogP contribution in [-0.2, 0) is 17.0 Å². The monoisotopic (exact) mass is 443 g/mol. The predicted molar refractivity (Wildman–Crippen MR) is 96.7 cm³/mol. The number of rotatable bonds is 6. The van der Waals surface area contributed by atoms with Crippen LogP contribution in [-0.4, -0.2) is 37.7 Å². The minimum Gasteiger partial charge on any atom is -0.419 e. The number of thioether (sulfide) groups is 1. The second-order valence-corrected chi connectivity index (χ2v) is 8.86. The van der Waals surface area contributed by atoms with E-state index in [0.717, 1.165) is 28.1 Å². The Bertz CT molecular complexity index is 912. The standard InChI is InChI=1S/C14H14BrN5O3S2/c15-10-4-3-9(25-10)12-17-16-11(23-12)7-24-14-19-18-13(21)20(14)6-8-2-1-5-22-8/h3-4,8H,1-2,5-7H2,(H,18,21)/t8-/m1/s1. The average Bonchev–Trinajstić information content (AvgIpc) is 3.36. The van der Waals surface area contributed by atoms with Gasteiger partial charge in [-0.2, -0.15) is 0 Å². The van der Waals surface area contributed by atoms with Crippen LogP contribution in [0.4, 0.5) is 0 Å². The minimum atomic E-state index is -0.229. The number of aromatic nitrogens is 5. The number of halogens is 1. The third-order valence-electron chi connectivity index (χ3n) is 3.71. The van der Waals surface area contributed by atoms with Gasteiger partial charge in [-0.15, -0.1) is 26.6 Å². The van der Waals surface area contributed by atoms with E-state index in [2.05, 4.69) is 36.3 Å². The van der Waals surface area contributed by atoms with Crippen LogP contribution in [0.25, 0.3) is 10.8 Å². The first-order chi connectivity index (χ1) is 12.2. The predicted octanol–water partition coefficient (Wildman–Crippen LogP) is 2.92. The molecule has 0 bridgehead atoms. The normalized spacial score (nSPS) is 17.4. The van der Waals surface area contributed by atoms with E-state index >= 15 is 0 Å². The molecule has 8 nitrogen and oxygen atoms in total. The molecule has 0 unspecified atom stereocenters. The van der Waals surface area contributed by atoms with Gasteiger partial charge in [-0.1, -0.05) is 11.8 Å². The maximum Gasteiger partial charge on any atom is 0.344 e. The van der Waals surface area contributed by atoms with Gasteiger partial charge in [0.1, 0.15) is 0 Å². The molecule has 11 heteroatoms. The highest BCUT2D eigenvalue weighted by atomic mass is 79.9. The molecule has 0 radical (unpaired) electrons. The molecule has 1 aliphatic rings. The Morgan fingerprint density at radius 2 is 2.36 bits per heavy atom. The fraction of sp³-hybridized carbons (Fsp3) is 0.429. The van der Waals surface area contributed by atoms with Crippen molar-refractivity contribution >= 4 is 39.0 Å². The van der Waals surface area contributed by atoms with Crippen molar-refractivity contribution in [1.82, 2.24) is 25.0 Å². The van der Waals surface area contributed by atoms with Crippen LogP contribution in [0.1, 0.15) is 18.7 Å². The van der Waals surface area contributed by atoms with E-state index in [4.69, 9.17) is 9.15 Å². The molecule has 1 fully saturated rings. The van der Waals surface area contributed by atoms with Crippen LogP contribution in [0, 0.1) is 0 Å². The second kappa shape index (κ2) is 7.44. The van der Waals surface area contributed by atoms with Crippen molar-refractivity contribution in [1.29, 1.82) is 0 Å². The van der Waals surface area contributed by atoms with Gasteiger partial charge >= 0.3 is 5.69 Å². The molecular weight excluding hydrogens is 430 g/mol. The van der Waals surface area contributed by atoms with E-state index in [0.29, 0.717) is 29.2 Å². The van der Waals surface area contributed by atoms with Crippen LogP contribution in [0.2, 0.25) is 0 Å². The highest BCUT2D eigenvalue weighted by molar-refractivity contribution is 9.11. The van der Waals surface area contributed by atoms with Crippen LogP contribution < -0.4 is 5.69 Å². The number of aromatic amines is 1. The topological polar surface area (TPSA) is 98.8 Å². The molecule has 1 N–H and O–H groups in total. The van der Waals surface area contributed by atoms with Gasteiger partial charge in [0.2, 0.25) is 5.89 Å². The summed E-state index contributed by atoms with van der Waals surface area (Å²) in [6.45, 7) is 1.26. The molecule has 3 aromatic heterocycles. The zero-order valence-electron chi connectivity index (χ0n) is 13.0. The van der Waals surface area contributed by atoms with E-state index in [-0.39, 0.29) is 11.8 Å². The van der Waals surface area contributed by atoms with Crippen LogP contribution in [0.15, 0.2) is 30.3 Å². The van der Waals surface area contributed by atoms with Gasteiger partial charge in [0.15, 0.2) is 5.16 Å². The summed E-state index contributed by atoms with van der Waals surface area (Å²) in [7, 11) is 0. The van der Waals surface area contributed by atoms with Crippen LogP contribution in [0.5, 0.6) is 0 Å². The Kier molecular flexibility index (Phi) is 5.06. The zero-order chi connectivity index (χ0) is 17.2. The Labute approximate surface area is 159 Å². The van der Waals surface area contributed by atoms with Crippen molar-refractivity contribution in [3.8, 4) is 10.8 Å². The molecule has 3 aromatic rings. The van der Waals surface area contributed by atoms with Gasteiger partial charge in [0, 0.05) is 6.61 Å². The second-order valence-electron chi connectivity index (χ2n) is 5.45. The van der Waals surface area contributed by atoms with Crippen molar-refractivity contribution in [3.05, 3.63) is 32.3 Å². The molecule has 0 spiro atoms. The van der Waals surface area contributed by atoms with Gasteiger partial charge in [-0.05, 0) is 40.9 Å². The number of hydrogen-bond acceptors (Lipinski definition) is 8. The van der Waals surface area contributed by atoms with E-state index in [1.165, 1.54) is 23.1 Å². The summed E-state index contributed by atoms with van der Waals surface area (Å²) < 4.78 is 13.9. The van der Waals surface area contributed by atoms with Crippen molar-refractivity contribution < 1.29 is 9.15 Å². The summed E-state index contributed by atoms with van der Waals surface area (Å²) in [5, 5.41) is 15.3. The van der Waals surface area contributed by atoms with Crippen LogP contribution in [0.3, 0.4) is 0 Å². The third kappa shape index (κ3) is 3.89. The molecule has 4 rings (SSSR count). The summed E-state index contributed by atoms with van der Waals surface area (Å²) >= 11 is 6.32. The van der Waals surface area contributed by atoms with Crippen molar-refractivity contribution in [2.45, 2.75) is 36.4 Å². The Morgan fingerprint density at radius 3 is 3.12 bits per heavy atom. The highest BCUT2D eigenvalue weighted by Crippen LogP contribution is 2.31. The first kappa shape index (κ1) is 17.0. The lowest BCUT2D eigenvalue weighted by atomic mass is 10.2. The fourth-order valence-electron chi connectivity index (χ4n) is 2.53. The molecule has 1 aliphatic heterocycles. The molecule has 0 saturated carbocycles. The number of hydrogen-bond donors (Lipinski definition) is 1. The SMILES string of the molecule is O=c1[nH]nc(SCc2nnc(-c3ccc(Br)s3)o2)n1C[C@H]1CCCO1. The maximum absolute atomic E-state index is 12.0. The van der Waals surface area contributed by atoms with Gasteiger partial charge in [0.25, 0.3) is 5.89 Å². The van der Waals surface area contributed by atoms with Gasteiger partial charge in [0.05, 0.1) is 27.1 Å². The van der Waals surface area contributed by atoms with E-state index in [1.807, 2.05) is 12.1 Å². The maximum atomic E-state index is 12.0.